The molecule has 1 aliphatic rings. The number of aromatic nitrogens is 3. The Balaban J connectivity index is 1.50. The predicted octanol–water partition coefficient (Wildman–Crippen LogP) is 3.79. The van der Waals surface area contributed by atoms with Crippen molar-refractivity contribution in [3.05, 3.63) is 78.4 Å². The summed E-state index contributed by atoms with van der Waals surface area (Å²) in [7, 11) is 3.84. The van der Waals surface area contributed by atoms with E-state index in [4.69, 9.17) is 9.15 Å². The van der Waals surface area contributed by atoms with Crippen LogP contribution < -0.4 is 20.3 Å². The van der Waals surface area contributed by atoms with Crippen LogP contribution in [-0.4, -0.2) is 72.3 Å². The first-order valence-corrected chi connectivity index (χ1v) is 12.3. The monoisotopic (exact) mass is 535 g/mol. The Bertz CT molecular complexity index is 1440. The van der Waals surface area contributed by atoms with Gasteiger partial charge in [-0.1, -0.05) is 18.2 Å². The number of nitrogens with one attached hydrogen (secondary N) is 2. The molecule has 0 aliphatic carbocycles. The van der Waals surface area contributed by atoms with Crippen LogP contribution in [0, 0.1) is 11.6 Å². The Hall–Kier alpha value is -4.42. The number of oxazole rings is 1. The zero-order valence-corrected chi connectivity index (χ0v) is 21.4. The first-order valence-electron chi connectivity index (χ1n) is 12.3. The third-order valence-electron chi connectivity index (χ3n) is 6.46. The van der Waals surface area contributed by atoms with E-state index in [0.29, 0.717) is 31.7 Å². The van der Waals surface area contributed by atoms with E-state index in [2.05, 4.69) is 30.7 Å². The number of benzene rings is 2. The second-order valence-corrected chi connectivity index (χ2v) is 9.07. The Kier molecular flexibility index (Phi) is 7.75. The Morgan fingerprint density at radius 1 is 1.18 bits per heavy atom. The summed E-state index contributed by atoms with van der Waals surface area (Å²) in [5, 5.41) is 13.2. The summed E-state index contributed by atoms with van der Waals surface area (Å²) in [5.74, 6) is -2.67. The van der Waals surface area contributed by atoms with E-state index < -0.39 is 23.3 Å². The van der Waals surface area contributed by atoms with Crippen LogP contribution in [0.1, 0.15) is 10.5 Å². The van der Waals surface area contributed by atoms with E-state index in [9.17, 15) is 4.79 Å². The Labute approximate surface area is 223 Å². The number of halogens is 2. The van der Waals surface area contributed by atoms with E-state index >= 15 is 8.78 Å². The maximum Gasteiger partial charge on any atom is 0.277 e. The summed E-state index contributed by atoms with van der Waals surface area (Å²) in [6.45, 7) is 2.20. The Morgan fingerprint density at radius 3 is 2.74 bits per heavy atom. The van der Waals surface area contributed by atoms with Crippen molar-refractivity contribution in [2.24, 2.45) is 0 Å². The number of para-hydroxylation sites is 1. The van der Waals surface area contributed by atoms with Gasteiger partial charge in [0.05, 0.1) is 23.6 Å². The van der Waals surface area contributed by atoms with Gasteiger partial charge in [0.15, 0.2) is 17.3 Å². The quantitative estimate of drug-likeness (QED) is 0.348. The number of piperazine rings is 1. The lowest BCUT2D eigenvalue weighted by atomic mass is 10.1. The number of ether oxygens (including phenoxy) is 1. The van der Waals surface area contributed by atoms with E-state index in [1.807, 2.05) is 14.1 Å². The summed E-state index contributed by atoms with van der Waals surface area (Å²) in [6, 6.07) is 11.1. The van der Waals surface area contributed by atoms with Crippen molar-refractivity contribution < 1.29 is 22.7 Å². The number of rotatable bonds is 8. The van der Waals surface area contributed by atoms with Crippen LogP contribution in [0.3, 0.4) is 0 Å². The normalized spacial score (nSPS) is 15.8. The highest BCUT2D eigenvalue weighted by Gasteiger charge is 2.31. The molecule has 2 aromatic carbocycles. The van der Waals surface area contributed by atoms with Crippen LogP contribution in [0.15, 0.2) is 65.5 Å². The maximum absolute atomic E-state index is 16.1. The average molecular weight is 536 g/mol. The standard InChI is InChI=1S/C27H27F2N7O3/c1-30-14-18-15-36(11-10-35(18)2)24-21(12-20(28)25(23(24)29)39-19-6-4-3-5-7-19)33-26(37)22-16-38-27(34-22)17-8-9-31-32-13-17/h3-9,12-13,16,18,30H,10-11,14-15H2,1-2H3,(H,33,37)/t18-/m0/s1. The zero-order valence-electron chi connectivity index (χ0n) is 21.4. The van der Waals surface area contributed by atoms with Gasteiger partial charge in [0.1, 0.15) is 17.7 Å². The number of likely N-dealkylation sites (N-methyl/N-ethyl adjacent to an activating group) is 2. The van der Waals surface area contributed by atoms with Crippen molar-refractivity contribution in [3.8, 4) is 23.0 Å². The van der Waals surface area contributed by atoms with Crippen LogP contribution in [0.4, 0.5) is 20.2 Å². The van der Waals surface area contributed by atoms with Gasteiger partial charge >= 0.3 is 0 Å². The molecule has 1 aliphatic heterocycles. The van der Waals surface area contributed by atoms with Gasteiger partial charge in [0, 0.05) is 38.3 Å². The molecule has 0 bridgehead atoms. The molecule has 1 amide bonds. The van der Waals surface area contributed by atoms with Crippen LogP contribution >= 0.6 is 0 Å². The van der Waals surface area contributed by atoms with Crippen LogP contribution in [0.25, 0.3) is 11.5 Å². The minimum Gasteiger partial charge on any atom is -0.451 e. The Morgan fingerprint density at radius 2 is 2.00 bits per heavy atom. The highest BCUT2D eigenvalue weighted by atomic mass is 19.1. The average Bonchev–Trinajstić information content (AvgIpc) is 3.45. The highest BCUT2D eigenvalue weighted by molar-refractivity contribution is 6.05. The van der Waals surface area contributed by atoms with Gasteiger partial charge in [-0.05, 0) is 32.3 Å². The van der Waals surface area contributed by atoms with Crippen LogP contribution in [-0.2, 0) is 0 Å². The van der Waals surface area contributed by atoms with Crippen molar-refractivity contribution in [3.63, 3.8) is 0 Å². The first kappa shape index (κ1) is 26.2. The molecule has 4 aromatic rings. The second-order valence-electron chi connectivity index (χ2n) is 9.07. The maximum atomic E-state index is 16.1. The molecular weight excluding hydrogens is 508 g/mol. The third-order valence-corrected chi connectivity index (χ3v) is 6.46. The highest BCUT2D eigenvalue weighted by Crippen LogP contribution is 2.40. The molecule has 202 valence electrons. The molecule has 2 N–H and O–H groups in total. The minimum absolute atomic E-state index is 0.0342. The number of hydrogen-bond donors (Lipinski definition) is 2. The zero-order chi connectivity index (χ0) is 27.4. The molecule has 1 saturated heterocycles. The summed E-state index contributed by atoms with van der Waals surface area (Å²) in [5.41, 5.74) is 0.451. The molecule has 2 aromatic heterocycles. The number of carbonyl (C=O) groups is 1. The lowest BCUT2D eigenvalue weighted by Crippen LogP contribution is -2.55. The van der Waals surface area contributed by atoms with Gasteiger partial charge in [0.2, 0.25) is 11.6 Å². The number of nitrogens with zero attached hydrogens (tertiary/aromatic N) is 5. The van der Waals surface area contributed by atoms with Crippen LogP contribution in [0.2, 0.25) is 0 Å². The van der Waals surface area contributed by atoms with Crippen molar-refractivity contribution in [1.82, 2.24) is 25.4 Å². The number of anilines is 2. The van der Waals surface area contributed by atoms with E-state index in [1.54, 1.807) is 41.3 Å². The molecule has 3 heterocycles. The fourth-order valence-electron chi connectivity index (χ4n) is 4.41. The molecule has 39 heavy (non-hydrogen) atoms. The summed E-state index contributed by atoms with van der Waals surface area (Å²) in [4.78, 5) is 21.3. The second kappa shape index (κ2) is 11.5. The topological polar surface area (TPSA) is 109 Å². The molecule has 0 saturated carbocycles. The largest absolute Gasteiger partial charge is 0.451 e. The van der Waals surface area contributed by atoms with Gasteiger partial charge in [0.25, 0.3) is 5.91 Å². The SMILES string of the molecule is CNC[C@H]1CN(c2c(NC(=O)c3coc(-c4ccnnc4)n3)cc(F)c(Oc3ccccc3)c2F)CCN1C. The lowest BCUT2D eigenvalue weighted by Gasteiger charge is -2.41. The van der Waals surface area contributed by atoms with Gasteiger partial charge in [-0.2, -0.15) is 10.2 Å². The number of carbonyl (C=O) groups excluding carboxylic acids is 1. The summed E-state index contributed by atoms with van der Waals surface area (Å²) >= 11 is 0. The van der Waals surface area contributed by atoms with E-state index in [1.165, 1.54) is 18.7 Å². The van der Waals surface area contributed by atoms with Gasteiger partial charge in [-0.3, -0.25) is 9.69 Å². The predicted molar refractivity (Wildman–Crippen MR) is 141 cm³/mol. The van der Waals surface area contributed by atoms with Crippen molar-refractivity contribution in [2.75, 3.05) is 50.5 Å². The van der Waals surface area contributed by atoms with Gasteiger partial charge in [-0.15, -0.1) is 0 Å². The van der Waals surface area contributed by atoms with Gasteiger partial charge < -0.3 is 24.7 Å². The summed E-state index contributed by atoms with van der Waals surface area (Å²) in [6.07, 6.45) is 4.08. The van der Waals surface area contributed by atoms with Crippen molar-refractivity contribution in [1.29, 1.82) is 0 Å². The van der Waals surface area contributed by atoms with Crippen molar-refractivity contribution in [2.45, 2.75) is 6.04 Å². The fourth-order valence-corrected chi connectivity index (χ4v) is 4.41. The van der Waals surface area contributed by atoms with E-state index in [0.717, 1.165) is 6.07 Å². The molecule has 1 atom stereocenters. The molecule has 12 heteroatoms. The first-order chi connectivity index (χ1) is 18.9. The smallest absolute Gasteiger partial charge is 0.277 e. The molecule has 0 radical (unpaired) electrons. The molecular formula is C27H27F2N7O3. The number of hydrogen-bond acceptors (Lipinski definition) is 9. The van der Waals surface area contributed by atoms with E-state index in [-0.39, 0.29) is 34.8 Å². The molecule has 5 rings (SSSR count). The minimum atomic E-state index is -0.958. The third kappa shape index (κ3) is 5.71. The molecule has 10 nitrogen and oxygen atoms in total. The van der Waals surface area contributed by atoms with Gasteiger partial charge in [-0.25, -0.2) is 13.8 Å². The van der Waals surface area contributed by atoms with Crippen LogP contribution in [0.5, 0.6) is 11.5 Å². The number of amides is 1. The van der Waals surface area contributed by atoms with Crippen molar-refractivity contribution >= 4 is 17.3 Å². The fraction of sp³-hybridized carbons (Fsp3) is 0.259. The lowest BCUT2D eigenvalue weighted by molar-refractivity contribution is 0.102. The molecule has 0 unspecified atom stereocenters. The summed E-state index contributed by atoms with van der Waals surface area (Å²) < 4.78 is 42.4. The molecule has 1 fully saturated rings. The molecule has 0 spiro atoms.